The zero-order chi connectivity index (χ0) is 8.39. The third-order valence-corrected chi connectivity index (χ3v) is 2.38. The number of nitrogens with one attached hydrogen (secondary N) is 2. The number of imidazole rings is 1. The number of aromatic amines is 1. The van der Waals surface area contributed by atoms with E-state index in [0.29, 0.717) is 5.92 Å². The number of aliphatic hydroxyl groups is 1. The maximum absolute atomic E-state index is 9.80. The molecule has 2 unspecified atom stereocenters. The molecule has 0 aromatic carbocycles. The SMILES string of the molecule is OC(c1cnc[nH]1)C1CCNC1. The lowest BCUT2D eigenvalue weighted by Crippen LogP contribution is -2.16. The number of H-pyrrole nitrogens is 1. The van der Waals surface area contributed by atoms with Crippen molar-refractivity contribution in [3.05, 3.63) is 18.2 Å². The van der Waals surface area contributed by atoms with Crippen LogP contribution in [0.2, 0.25) is 0 Å². The second-order valence-corrected chi connectivity index (χ2v) is 3.20. The molecular weight excluding hydrogens is 154 g/mol. The molecule has 1 saturated heterocycles. The van der Waals surface area contributed by atoms with Crippen LogP contribution in [0.25, 0.3) is 0 Å². The highest BCUT2D eigenvalue weighted by molar-refractivity contribution is 5.02. The molecule has 0 saturated carbocycles. The lowest BCUT2D eigenvalue weighted by molar-refractivity contribution is 0.114. The van der Waals surface area contributed by atoms with Crippen LogP contribution in [0.4, 0.5) is 0 Å². The number of aliphatic hydroxyl groups excluding tert-OH is 1. The summed E-state index contributed by atoms with van der Waals surface area (Å²) in [5.74, 6) is 0.338. The summed E-state index contributed by atoms with van der Waals surface area (Å²) in [6, 6.07) is 0. The first-order valence-electron chi connectivity index (χ1n) is 4.25. The summed E-state index contributed by atoms with van der Waals surface area (Å²) in [4.78, 5) is 6.80. The van der Waals surface area contributed by atoms with Crippen molar-refractivity contribution in [1.29, 1.82) is 0 Å². The van der Waals surface area contributed by atoms with Gasteiger partial charge in [-0.2, -0.15) is 0 Å². The Morgan fingerprint density at radius 3 is 3.17 bits per heavy atom. The minimum absolute atomic E-state index is 0.338. The molecule has 0 aliphatic carbocycles. The molecule has 0 spiro atoms. The van der Waals surface area contributed by atoms with Gasteiger partial charge in [-0.1, -0.05) is 0 Å². The van der Waals surface area contributed by atoms with Gasteiger partial charge in [0.25, 0.3) is 0 Å². The summed E-state index contributed by atoms with van der Waals surface area (Å²) in [6.07, 6.45) is 3.94. The van der Waals surface area contributed by atoms with Crippen LogP contribution < -0.4 is 5.32 Å². The largest absolute Gasteiger partial charge is 0.386 e. The van der Waals surface area contributed by atoms with Gasteiger partial charge in [0.15, 0.2) is 0 Å². The summed E-state index contributed by atoms with van der Waals surface area (Å²) in [6.45, 7) is 1.91. The Hall–Kier alpha value is -0.870. The maximum atomic E-state index is 9.80. The number of rotatable bonds is 2. The van der Waals surface area contributed by atoms with Gasteiger partial charge in [-0.3, -0.25) is 0 Å². The minimum atomic E-state index is -0.387. The molecule has 0 radical (unpaired) electrons. The minimum Gasteiger partial charge on any atom is -0.386 e. The van der Waals surface area contributed by atoms with Crippen LogP contribution in [0.3, 0.4) is 0 Å². The monoisotopic (exact) mass is 167 g/mol. The molecule has 1 fully saturated rings. The molecule has 3 N–H and O–H groups in total. The first-order chi connectivity index (χ1) is 5.88. The van der Waals surface area contributed by atoms with E-state index in [9.17, 15) is 5.11 Å². The summed E-state index contributed by atoms with van der Waals surface area (Å²) in [7, 11) is 0. The Balaban J connectivity index is 2.04. The average molecular weight is 167 g/mol. The van der Waals surface area contributed by atoms with E-state index in [1.54, 1.807) is 12.5 Å². The predicted octanol–water partition coefficient (Wildman–Crippen LogP) is 0.0526. The zero-order valence-corrected chi connectivity index (χ0v) is 6.83. The molecule has 0 amide bonds. The van der Waals surface area contributed by atoms with Crippen LogP contribution in [0.1, 0.15) is 18.2 Å². The molecule has 1 aliphatic heterocycles. The smallest absolute Gasteiger partial charge is 0.0994 e. The zero-order valence-electron chi connectivity index (χ0n) is 6.83. The fourth-order valence-corrected chi connectivity index (χ4v) is 1.63. The fourth-order valence-electron chi connectivity index (χ4n) is 1.63. The van der Waals surface area contributed by atoms with Gasteiger partial charge in [0.1, 0.15) is 0 Å². The highest BCUT2D eigenvalue weighted by Crippen LogP contribution is 2.24. The third kappa shape index (κ3) is 1.35. The van der Waals surface area contributed by atoms with E-state index >= 15 is 0 Å². The lowest BCUT2D eigenvalue weighted by Gasteiger charge is -2.14. The van der Waals surface area contributed by atoms with Gasteiger partial charge in [0.05, 0.1) is 24.3 Å². The molecule has 2 atom stereocenters. The number of hydrogen-bond acceptors (Lipinski definition) is 3. The molecule has 1 aromatic heterocycles. The van der Waals surface area contributed by atoms with Crippen molar-refractivity contribution < 1.29 is 5.11 Å². The molecular formula is C8H13N3O. The van der Waals surface area contributed by atoms with Crippen molar-refractivity contribution in [2.45, 2.75) is 12.5 Å². The topological polar surface area (TPSA) is 60.9 Å². The lowest BCUT2D eigenvalue weighted by atomic mass is 10.00. The Labute approximate surface area is 71.0 Å². The Bertz CT molecular complexity index is 228. The van der Waals surface area contributed by atoms with Gasteiger partial charge in [-0.15, -0.1) is 0 Å². The fraction of sp³-hybridized carbons (Fsp3) is 0.625. The van der Waals surface area contributed by atoms with Crippen molar-refractivity contribution in [2.24, 2.45) is 5.92 Å². The van der Waals surface area contributed by atoms with Crippen LogP contribution in [-0.2, 0) is 0 Å². The maximum Gasteiger partial charge on any atom is 0.0994 e. The quantitative estimate of drug-likeness (QED) is 0.583. The van der Waals surface area contributed by atoms with E-state index in [4.69, 9.17) is 0 Å². The van der Waals surface area contributed by atoms with Gasteiger partial charge >= 0.3 is 0 Å². The molecule has 1 aliphatic rings. The van der Waals surface area contributed by atoms with Crippen LogP contribution in [0, 0.1) is 5.92 Å². The van der Waals surface area contributed by atoms with E-state index in [0.717, 1.165) is 25.2 Å². The molecule has 1 aromatic rings. The molecule has 66 valence electrons. The molecule has 4 nitrogen and oxygen atoms in total. The van der Waals surface area contributed by atoms with Crippen molar-refractivity contribution in [3.8, 4) is 0 Å². The van der Waals surface area contributed by atoms with Crippen molar-refractivity contribution in [1.82, 2.24) is 15.3 Å². The Morgan fingerprint density at radius 2 is 2.58 bits per heavy atom. The van der Waals surface area contributed by atoms with Gasteiger partial charge in [-0.05, 0) is 13.0 Å². The second kappa shape index (κ2) is 3.25. The van der Waals surface area contributed by atoms with Gasteiger partial charge < -0.3 is 15.4 Å². The summed E-state index contributed by atoms with van der Waals surface area (Å²) in [5, 5.41) is 13.0. The highest BCUT2D eigenvalue weighted by atomic mass is 16.3. The standard InChI is InChI=1S/C8H13N3O/c12-8(6-1-2-9-3-6)7-4-10-5-11-7/h4-6,8-9,12H,1-3H2,(H,10,11). The van der Waals surface area contributed by atoms with Crippen LogP contribution in [-0.4, -0.2) is 28.2 Å². The van der Waals surface area contributed by atoms with Crippen LogP contribution in [0.5, 0.6) is 0 Å². The van der Waals surface area contributed by atoms with E-state index < -0.39 is 0 Å². The first kappa shape index (κ1) is 7.76. The van der Waals surface area contributed by atoms with Gasteiger partial charge in [0.2, 0.25) is 0 Å². The Morgan fingerprint density at radius 1 is 1.67 bits per heavy atom. The second-order valence-electron chi connectivity index (χ2n) is 3.20. The number of hydrogen-bond donors (Lipinski definition) is 3. The average Bonchev–Trinajstić information content (AvgIpc) is 2.77. The third-order valence-electron chi connectivity index (χ3n) is 2.38. The number of aromatic nitrogens is 2. The highest BCUT2D eigenvalue weighted by Gasteiger charge is 2.24. The summed E-state index contributed by atoms with van der Waals surface area (Å²) < 4.78 is 0. The number of nitrogens with zero attached hydrogens (tertiary/aromatic N) is 1. The first-order valence-corrected chi connectivity index (χ1v) is 4.25. The van der Waals surface area contributed by atoms with Crippen molar-refractivity contribution in [3.63, 3.8) is 0 Å². The van der Waals surface area contributed by atoms with Gasteiger partial charge in [-0.25, -0.2) is 4.98 Å². The van der Waals surface area contributed by atoms with Crippen LogP contribution >= 0.6 is 0 Å². The van der Waals surface area contributed by atoms with E-state index in [-0.39, 0.29) is 6.10 Å². The van der Waals surface area contributed by atoms with Crippen LogP contribution in [0.15, 0.2) is 12.5 Å². The van der Waals surface area contributed by atoms with E-state index in [1.165, 1.54) is 0 Å². The molecule has 2 heterocycles. The molecule has 0 bridgehead atoms. The van der Waals surface area contributed by atoms with E-state index in [2.05, 4.69) is 15.3 Å². The Kier molecular flexibility index (Phi) is 2.10. The predicted molar refractivity (Wildman–Crippen MR) is 44.5 cm³/mol. The van der Waals surface area contributed by atoms with Crippen molar-refractivity contribution >= 4 is 0 Å². The van der Waals surface area contributed by atoms with Crippen molar-refractivity contribution in [2.75, 3.05) is 13.1 Å². The molecule has 12 heavy (non-hydrogen) atoms. The summed E-state index contributed by atoms with van der Waals surface area (Å²) >= 11 is 0. The van der Waals surface area contributed by atoms with Gasteiger partial charge in [0, 0.05) is 12.5 Å². The molecule has 2 rings (SSSR count). The summed E-state index contributed by atoms with van der Waals surface area (Å²) in [5.41, 5.74) is 0.823. The normalized spacial score (nSPS) is 25.9. The molecule has 4 heteroatoms. The van der Waals surface area contributed by atoms with E-state index in [1.807, 2.05) is 0 Å².